The van der Waals surface area contributed by atoms with Crippen molar-refractivity contribution in [2.45, 2.75) is 102 Å². The minimum absolute atomic E-state index is 0. The number of nitrogens with zero attached hydrogens (tertiary/aromatic N) is 10. The summed E-state index contributed by atoms with van der Waals surface area (Å²) < 4.78 is 8.45. The Balaban J connectivity index is 0.000000164. The molecule has 1 amide bonds. The molecule has 3 aromatic heterocycles. The maximum Gasteiger partial charge on any atom is 0.246 e. The van der Waals surface area contributed by atoms with Crippen LogP contribution in [-0.2, 0) is 24.4 Å². The number of amides is 1. The third kappa shape index (κ3) is 17.9. The van der Waals surface area contributed by atoms with Crippen molar-refractivity contribution in [3.63, 3.8) is 0 Å². The number of fused-ring (bicyclic) bond motifs is 10. The Kier molecular flexibility index (Phi) is 25.2. The fourth-order valence-electron chi connectivity index (χ4n) is 11.1. The molecule has 12 nitrogen and oxygen atoms in total. The molecule has 0 fully saturated rings. The first-order chi connectivity index (χ1) is 46.7. The van der Waals surface area contributed by atoms with Crippen LogP contribution in [0.5, 0.6) is 0 Å². The van der Waals surface area contributed by atoms with Gasteiger partial charge in [-0.05, 0) is 93.6 Å². The number of aliphatic imine (C=N–C) groups is 4. The van der Waals surface area contributed by atoms with Crippen LogP contribution in [0.25, 0.3) is 17.1 Å². The van der Waals surface area contributed by atoms with Gasteiger partial charge in [-0.25, -0.2) is 15.0 Å². The third-order valence-corrected chi connectivity index (χ3v) is 18.9. The number of hydrogen-bond acceptors (Lipinski definition) is 8. The van der Waals surface area contributed by atoms with Gasteiger partial charge in [-0.1, -0.05) is 227 Å². The van der Waals surface area contributed by atoms with Gasteiger partial charge in [-0.15, -0.1) is 23.9 Å². The summed E-state index contributed by atoms with van der Waals surface area (Å²) >= 11 is 7.04. The van der Waals surface area contributed by atoms with Crippen LogP contribution < -0.4 is 5.32 Å². The van der Waals surface area contributed by atoms with Crippen LogP contribution in [0.1, 0.15) is 112 Å². The Morgan fingerprint density at radius 2 is 0.750 bits per heavy atom. The summed E-state index contributed by atoms with van der Waals surface area (Å²) in [6, 6.07) is 65.4. The second kappa shape index (κ2) is 33.4. The summed E-state index contributed by atoms with van der Waals surface area (Å²) in [5.74, 6) is 6.02. The van der Waals surface area contributed by atoms with Crippen molar-refractivity contribution >= 4 is 82.4 Å². The molecule has 0 atom stereocenters. The lowest BCUT2D eigenvalue weighted by molar-refractivity contribution is -0.114. The first-order valence-electron chi connectivity index (χ1n) is 31.9. The van der Waals surface area contributed by atoms with Gasteiger partial charge in [-0.2, -0.15) is 0 Å². The Morgan fingerprint density at radius 3 is 1.13 bits per heavy atom. The summed E-state index contributed by atoms with van der Waals surface area (Å²) in [6.45, 7) is 21.4. The topological polar surface area (TPSA) is 132 Å². The predicted molar refractivity (Wildman–Crippen MR) is 430 cm³/mol. The second-order valence-electron chi connectivity index (χ2n) is 25.5. The van der Waals surface area contributed by atoms with Crippen LogP contribution in [0.2, 0.25) is 39.3 Å². The molecule has 11 aromatic rings. The molecular weight excluding hydrogens is 1390 g/mol. The molecule has 4 aliphatic rings. The number of aromatic nitrogens is 6. The number of benzene rings is 8. The SMILES string of the molecule is C.C.C.C#C[Si](C)(C)C.C#Cc1ccc2c(c1)C(c1ccccc1)=NCc1c(C)ncn1-2.Cc1ncn2c1CN=C(c1ccccc1)c1cc(Br)ccc1-2.Cc1ncn2c1CN=C(c1ccccc1)c1cc(C#C[Si](C)(C)C)ccc1-2.O=C1CN=C(c2ccccc2)c2cc(Br)ccc2N1. The van der Waals surface area contributed by atoms with E-state index in [1.165, 1.54) is 0 Å². The van der Waals surface area contributed by atoms with Crippen molar-refractivity contribution in [3.05, 3.63) is 312 Å². The van der Waals surface area contributed by atoms with Crippen LogP contribution >= 0.6 is 31.9 Å². The van der Waals surface area contributed by atoms with Gasteiger partial charge in [0.05, 0.1) is 118 Å². The standard InChI is InChI=1S/C23H23N3Si.C20H15N3.C18H14BrN3.C15H11BrN2O.C5H10Si.3CH4/c1-17-22-15-24-23(19-8-6-5-7-9-19)20-14-18(12-13-27(2,3)4)10-11-21(20)26(22)16-25-17;1-3-15-9-10-18-17(11-15)20(16-7-5-4-6-8-16)21-12-19-14(2)22-13-23(18)19;1-12-17-10-20-18(13-5-3-2-4-6-13)15-9-14(19)7-8-16(15)22(17)11-21-12;16-11-6-7-13-12(8-11)15(17-9-14(19)18-13)10-4-2-1-3-5-10;1-5-6(2,3)4;;;/h5-11,14,16H,15H2,1-4H3;1,4-11,13H,12H2,2H3;2-9,11H,10H2,1H3;1-8H,9H2,(H,18,19);1H,2-4H3;3*1H4. The Labute approximate surface area is 610 Å². The fraction of sp³-hybridized carbons (Fsp3) is 0.190. The largest absolute Gasteiger partial charge is 0.324 e. The first-order valence-corrected chi connectivity index (χ1v) is 40.5. The van der Waals surface area contributed by atoms with E-state index in [4.69, 9.17) is 27.8 Å². The predicted octanol–water partition coefficient (Wildman–Crippen LogP) is 19.2. The molecule has 0 unspecified atom stereocenters. The minimum atomic E-state index is -1.43. The molecule has 4 aliphatic heterocycles. The minimum Gasteiger partial charge on any atom is -0.324 e. The zero-order valence-corrected chi connectivity index (χ0v) is 61.0. The van der Waals surface area contributed by atoms with Gasteiger partial charge >= 0.3 is 0 Å². The number of rotatable bonds is 4. The number of terminal acetylenes is 2. The summed E-state index contributed by atoms with van der Waals surface area (Å²) in [6.07, 6.45) is 16.4. The zero-order chi connectivity index (χ0) is 68.4. The molecule has 0 bridgehead atoms. The number of imidazole rings is 3. The Hall–Kier alpha value is -10.4. The van der Waals surface area contributed by atoms with Crippen LogP contribution in [0.15, 0.2) is 242 Å². The van der Waals surface area contributed by atoms with Gasteiger partial charge in [0.15, 0.2) is 0 Å². The van der Waals surface area contributed by atoms with E-state index in [9.17, 15) is 4.79 Å². The normalized spacial score (nSPS) is 12.6. The molecule has 0 radical (unpaired) electrons. The van der Waals surface area contributed by atoms with Crippen molar-refractivity contribution in [1.82, 2.24) is 28.7 Å². The molecule has 8 aromatic carbocycles. The highest BCUT2D eigenvalue weighted by Gasteiger charge is 2.25. The van der Waals surface area contributed by atoms with Crippen LogP contribution in [0.4, 0.5) is 5.69 Å². The Bertz CT molecular complexity index is 5030. The average molecular weight is 1480 g/mol. The van der Waals surface area contributed by atoms with E-state index in [2.05, 4.69) is 224 Å². The number of carbonyl (C=O) groups is 1. The van der Waals surface area contributed by atoms with E-state index in [0.29, 0.717) is 19.6 Å². The van der Waals surface area contributed by atoms with Gasteiger partial charge in [0.25, 0.3) is 0 Å². The van der Waals surface area contributed by atoms with E-state index in [-0.39, 0.29) is 34.7 Å². The fourth-order valence-corrected chi connectivity index (χ4v) is 12.4. The summed E-state index contributed by atoms with van der Waals surface area (Å²) in [7, 11) is -2.53. The highest BCUT2D eigenvalue weighted by atomic mass is 79.9. The Morgan fingerprint density at radius 1 is 0.420 bits per heavy atom. The van der Waals surface area contributed by atoms with Crippen LogP contribution in [0, 0.1) is 56.5 Å². The third-order valence-electron chi connectivity index (χ3n) is 16.1. The number of benzodiazepines with no additional fused rings is 1. The first kappa shape index (κ1) is 75.4. The lowest BCUT2D eigenvalue weighted by atomic mass is 9.98. The summed E-state index contributed by atoms with van der Waals surface area (Å²) in [5.41, 5.74) is 31.1. The number of carbonyl (C=O) groups excluding carboxylic acids is 1. The summed E-state index contributed by atoms with van der Waals surface area (Å²) in [5, 5.41) is 2.87. The van der Waals surface area contributed by atoms with E-state index in [1.807, 2.05) is 143 Å². The van der Waals surface area contributed by atoms with Gasteiger partial charge < -0.3 is 19.0 Å². The molecule has 504 valence electrons. The number of nitrogens with one attached hydrogen (secondary N) is 1. The smallest absolute Gasteiger partial charge is 0.246 e. The average Bonchev–Trinajstić information content (AvgIpc) is 1.61. The highest BCUT2D eigenvalue weighted by molar-refractivity contribution is 9.10. The van der Waals surface area contributed by atoms with Crippen molar-refractivity contribution in [1.29, 1.82) is 0 Å². The second-order valence-corrected chi connectivity index (χ2v) is 36.8. The quantitative estimate of drug-likeness (QED) is 0.139. The number of anilines is 1. The molecule has 0 saturated heterocycles. The lowest BCUT2D eigenvalue weighted by Crippen LogP contribution is -2.16. The molecular formula is C84H85Br2N11OSi2. The van der Waals surface area contributed by atoms with Crippen molar-refractivity contribution in [2.75, 3.05) is 11.9 Å². The number of halogens is 2. The highest BCUT2D eigenvalue weighted by Crippen LogP contribution is 2.32. The monoisotopic (exact) mass is 1480 g/mol. The van der Waals surface area contributed by atoms with Crippen molar-refractivity contribution < 1.29 is 4.79 Å². The zero-order valence-electron chi connectivity index (χ0n) is 55.8. The molecule has 7 heterocycles. The van der Waals surface area contributed by atoms with Gasteiger partial charge in [0, 0.05) is 64.6 Å². The van der Waals surface area contributed by atoms with Crippen molar-refractivity contribution in [3.8, 4) is 52.8 Å². The van der Waals surface area contributed by atoms with E-state index in [1.54, 1.807) is 0 Å². The van der Waals surface area contributed by atoms with Gasteiger partial charge in [0.2, 0.25) is 5.91 Å². The number of hydrogen-bond donors (Lipinski definition) is 1. The molecule has 0 saturated carbocycles. The summed E-state index contributed by atoms with van der Waals surface area (Å²) in [4.78, 5) is 44.2. The lowest BCUT2D eigenvalue weighted by Gasteiger charge is -2.12. The molecule has 16 heteroatoms. The van der Waals surface area contributed by atoms with Gasteiger partial charge in [-0.3, -0.25) is 24.8 Å². The number of aryl methyl sites for hydroxylation is 3. The van der Waals surface area contributed by atoms with Crippen LogP contribution in [0.3, 0.4) is 0 Å². The van der Waals surface area contributed by atoms with Crippen molar-refractivity contribution in [2.24, 2.45) is 20.0 Å². The van der Waals surface area contributed by atoms with E-state index < -0.39 is 16.1 Å². The maximum atomic E-state index is 11.7. The molecule has 100 heavy (non-hydrogen) atoms. The maximum absolute atomic E-state index is 11.7. The van der Waals surface area contributed by atoms with Gasteiger partial charge in [0.1, 0.15) is 22.7 Å². The molecule has 15 rings (SSSR count). The van der Waals surface area contributed by atoms with E-state index >= 15 is 0 Å². The molecule has 1 N–H and O–H groups in total. The van der Waals surface area contributed by atoms with E-state index in [0.717, 1.165) is 144 Å². The van der Waals surface area contributed by atoms with Crippen LogP contribution in [-0.4, -0.2) is 80.1 Å². The molecule has 0 aliphatic carbocycles. The molecule has 0 spiro atoms.